The highest BCUT2D eigenvalue weighted by molar-refractivity contribution is 5.65. The zero-order valence-electron chi connectivity index (χ0n) is 16.7. The summed E-state index contributed by atoms with van der Waals surface area (Å²) >= 11 is 0. The van der Waals surface area contributed by atoms with Gasteiger partial charge in [-0.1, -0.05) is 61.2 Å². The fraction of sp³-hybridized carbons (Fsp3) is 0.0714. The number of ether oxygens (including phenoxy) is 1. The fourth-order valence-corrected chi connectivity index (χ4v) is 3.13. The van der Waals surface area contributed by atoms with Gasteiger partial charge < -0.3 is 4.74 Å². The second-order valence-corrected chi connectivity index (χ2v) is 6.97. The van der Waals surface area contributed by atoms with Crippen LogP contribution in [0.1, 0.15) is 23.6 Å². The molecule has 0 aliphatic rings. The lowest BCUT2D eigenvalue weighted by Gasteiger charge is -2.09. The summed E-state index contributed by atoms with van der Waals surface area (Å²) in [4.78, 5) is 0. The highest BCUT2D eigenvalue weighted by Gasteiger charge is 2.06. The molecule has 4 aromatic rings. The Morgan fingerprint density at radius 3 is 2.00 bits per heavy atom. The molecule has 0 saturated carbocycles. The Bertz CT molecular complexity index is 1180. The van der Waals surface area contributed by atoms with Gasteiger partial charge in [0.2, 0.25) is 0 Å². The van der Waals surface area contributed by atoms with Crippen molar-refractivity contribution in [3.8, 4) is 34.5 Å². The minimum Gasteiger partial charge on any atom is -0.457 e. The lowest BCUT2D eigenvalue weighted by molar-refractivity contribution is 0.477. The van der Waals surface area contributed by atoms with Gasteiger partial charge in [-0.3, -0.25) is 0 Å². The maximum atomic E-state index is 14.2. The highest BCUT2D eigenvalue weighted by Crippen LogP contribution is 2.29. The number of halogens is 1. The molecular formula is C28H21FO. The Balaban J connectivity index is 1.51. The molecule has 0 spiro atoms. The van der Waals surface area contributed by atoms with Crippen molar-refractivity contribution >= 4 is 0 Å². The monoisotopic (exact) mass is 392 g/mol. The zero-order chi connectivity index (χ0) is 20.8. The molecule has 0 heterocycles. The minimum absolute atomic E-state index is 0.326. The maximum absolute atomic E-state index is 14.2. The molecule has 0 saturated heterocycles. The molecular weight excluding hydrogens is 371 g/mol. The van der Waals surface area contributed by atoms with Crippen LogP contribution in [0.3, 0.4) is 0 Å². The number of rotatable bonds is 4. The van der Waals surface area contributed by atoms with Crippen LogP contribution in [0.2, 0.25) is 0 Å². The van der Waals surface area contributed by atoms with Crippen molar-refractivity contribution in [3.05, 3.63) is 120 Å². The third kappa shape index (κ3) is 4.96. The van der Waals surface area contributed by atoms with Gasteiger partial charge in [-0.15, -0.1) is 0 Å². The van der Waals surface area contributed by atoms with E-state index in [9.17, 15) is 4.39 Å². The average molecular weight is 392 g/mol. The van der Waals surface area contributed by atoms with Crippen molar-refractivity contribution in [2.24, 2.45) is 0 Å². The Morgan fingerprint density at radius 2 is 1.33 bits per heavy atom. The molecule has 0 radical (unpaired) electrons. The highest BCUT2D eigenvalue weighted by atomic mass is 19.1. The van der Waals surface area contributed by atoms with Crippen molar-refractivity contribution < 1.29 is 9.13 Å². The van der Waals surface area contributed by atoms with Gasteiger partial charge in [-0.2, -0.15) is 0 Å². The lowest BCUT2D eigenvalue weighted by Crippen LogP contribution is -1.89. The predicted octanol–water partition coefficient (Wildman–Crippen LogP) is 7.25. The fourth-order valence-electron chi connectivity index (χ4n) is 3.13. The summed E-state index contributed by atoms with van der Waals surface area (Å²) in [6.07, 6.45) is 0.976. The molecule has 2 heteroatoms. The largest absolute Gasteiger partial charge is 0.457 e. The molecule has 0 aliphatic heterocycles. The summed E-state index contributed by atoms with van der Waals surface area (Å²) in [6.45, 7) is 2.11. The molecule has 0 unspecified atom stereocenters. The molecule has 0 bridgehead atoms. The van der Waals surface area contributed by atoms with Gasteiger partial charge in [-0.05, 0) is 71.6 Å². The van der Waals surface area contributed by atoms with E-state index in [1.165, 1.54) is 17.7 Å². The van der Waals surface area contributed by atoms with Crippen LogP contribution in [0.15, 0.2) is 97.1 Å². The van der Waals surface area contributed by atoms with Crippen LogP contribution in [0.4, 0.5) is 4.39 Å². The summed E-state index contributed by atoms with van der Waals surface area (Å²) in [7, 11) is 0. The van der Waals surface area contributed by atoms with Crippen LogP contribution in [0, 0.1) is 17.7 Å². The zero-order valence-corrected chi connectivity index (χ0v) is 16.7. The maximum Gasteiger partial charge on any atom is 0.130 e. The molecule has 0 atom stereocenters. The SMILES string of the molecule is CCc1ccc(-c2cc(F)cc(Oc3ccc(C#Cc4ccccc4)cc3)c2)cc1. The first-order chi connectivity index (χ1) is 14.7. The predicted molar refractivity (Wildman–Crippen MR) is 120 cm³/mol. The van der Waals surface area contributed by atoms with Crippen molar-refractivity contribution in [1.82, 2.24) is 0 Å². The van der Waals surface area contributed by atoms with Crippen LogP contribution in [0.5, 0.6) is 11.5 Å². The summed E-state index contributed by atoms with van der Waals surface area (Å²) in [6, 6.07) is 30.3. The molecule has 30 heavy (non-hydrogen) atoms. The summed E-state index contributed by atoms with van der Waals surface area (Å²) < 4.78 is 20.1. The van der Waals surface area contributed by atoms with E-state index >= 15 is 0 Å². The van der Waals surface area contributed by atoms with Crippen LogP contribution in [-0.2, 0) is 6.42 Å². The third-order valence-corrected chi connectivity index (χ3v) is 4.78. The van der Waals surface area contributed by atoms with E-state index in [0.717, 1.165) is 28.7 Å². The Morgan fingerprint density at radius 1 is 0.667 bits per heavy atom. The molecule has 146 valence electrons. The van der Waals surface area contributed by atoms with E-state index in [0.29, 0.717) is 11.5 Å². The topological polar surface area (TPSA) is 9.23 Å². The van der Waals surface area contributed by atoms with E-state index in [2.05, 4.69) is 30.9 Å². The van der Waals surface area contributed by atoms with Gasteiger partial charge in [0.15, 0.2) is 0 Å². The molecule has 0 amide bonds. The average Bonchev–Trinajstić information content (AvgIpc) is 2.79. The van der Waals surface area contributed by atoms with Crippen LogP contribution >= 0.6 is 0 Å². The minimum atomic E-state index is -0.326. The van der Waals surface area contributed by atoms with Crippen LogP contribution < -0.4 is 4.74 Å². The summed E-state index contributed by atoms with van der Waals surface area (Å²) in [5.41, 5.74) is 4.86. The van der Waals surface area contributed by atoms with Crippen molar-refractivity contribution in [3.63, 3.8) is 0 Å². The molecule has 0 aromatic heterocycles. The number of aryl methyl sites for hydroxylation is 1. The number of hydrogen-bond acceptors (Lipinski definition) is 1. The van der Waals surface area contributed by atoms with Crippen molar-refractivity contribution in [1.29, 1.82) is 0 Å². The molecule has 0 fully saturated rings. The van der Waals surface area contributed by atoms with Gasteiger partial charge in [0.25, 0.3) is 0 Å². The summed E-state index contributed by atoms with van der Waals surface area (Å²) in [5, 5.41) is 0. The van der Waals surface area contributed by atoms with Crippen molar-refractivity contribution in [2.75, 3.05) is 0 Å². The van der Waals surface area contributed by atoms with E-state index < -0.39 is 0 Å². The van der Waals surface area contributed by atoms with Crippen molar-refractivity contribution in [2.45, 2.75) is 13.3 Å². The first kappa shape index (κ1) is 19.5. The van der Waals surface area contributed by atoms with Gasteiger partial charge in [0.1, 0.15) is 17.3 Å². The second kappa shape index (κ2) is 9.11. The Hall–Kier alpha value is -3.83. The van der Waals surface area contributed by atoms with E-state index in [1.54, 1.807) is 0 Å². The quantitative estimate of drug-likeness (QED) is 0.332. The molecule has 4 rings (SSSR count). The van der Waals surface area contributed by atoms with Gasteiger partial charge in [0.05, 0.1) is 0 Å². The van der Waals surface area contributed by atoms with E-state index in [-0.39, 0.29) is 5.82 Å². The number of hydrogen-bond donors (Lipinski definition) is 0. The standard InChI is InChI=1S/C28H21FO/c1-2-21-10-14-24(15-11-21)25-18-26(29)20-28(19-25)30-27-16-12-23(13-17-27)9-8-22-6-4-3-5-7-22/h3-7,10-20H,2H2,1H3. The van der Waals surface area contributed by atoms with Crippen LogP contribution in [-0.4, -0.2) is 0 Å². The van der Waals surface area contributed by atoms with Crippen LogP contribution in [0.25, 0.3) is 11.1 Å². The first-order valence-electron chi connectivity index (χ1n) is 9.94. The lowest BCUT2D eigenvalue weighted by atomic mass is 10.0. The first-order valence-corrected chi connectivity index (χ1v) is 9.94. The summed E-state index contributed by atoms with van der Waals surface area (Å²) in [5.74, 6) is 7.04. The van der Waals surface area contributed by atoms with E-state index in [4.69, 9.17) is 4.74 Å². The van der Waals surface area contributed by atoms with Gasteiger partial charge >= 0.3 is 0 Å². The van der Waals surface area contributed by atoms with Gasteiger partial charge in [0, 0.05) is 17.2 Å². The molecule has 0 N–H and O–H groups in total. The Kier molecular flexibility index (Phi) is 5.92. The van der Waals surface area contributed by atoms with Gasteiger partial charge in [-0.25, -0.2) is 4.39 Å². The second-order valence-electron chi connectivity index (χ2n) is 6.97. The third-order valence-electron chi connectivity index (χ3n) is 4.78. The normalized spacial score (nSPS) is 10.2. The molecule has 1 nitrogen and oxygen atoms in total. The van der Waals surface area contributed by atoms with E-state index in [1.807, 2.05) is 72.8 Å². The number of benzene rings is 4. The molecule has 0 aliphatic carbocycles. The Labute approximate surface area is 176 Å². The molecule has 4 aromatic carbocycles. The smallest absolute Gasteiger partial charge is 0.130 e.